The molecular formula is C23H32N2O3. The van der Waals surface area contributed by atoms with Crippen molar-refractivity contribution in [3.8, 4) is 0 Å². The zero-order valence-electron chi connectivity index (χ0n) is 16.7. The average Bonchev–Trinajstić information content (AvgIpc) is 2.74. The Morgan fingerprint density at radius 2 is 1.54 bits per heavy atom. The van der Waals surface area contributed by atoms with Crippen LogP contribution in [0.3, 0.4) is 0 Å². The van der Waals surface area contributed by atoms with E-state index in [0.717, 1.165) is 12.1 Å². The molecule has 1 aromatic rings. The summed E-state index contributed by atoms with van der Waals surface area (Å²) >= 11 is 0. The molecule has 2 bridgehead atoms. The number of carboxylic acids is 1. The van der Waals surface area contributed by atoms with E-state index in [4.69, 9.17) is 5.11 Å². The van der Waals surface area contributed by atoms with E-state index in [1.165, 1.54) is 50.9 Å². The molecule has 3 saturated heterocycles. The molecule has 5 heteroatoms. The molecular weight excluding hydrogens is 352 g/mol. The number of carbonyl (C=O) groups excluding carboxylic acids is 1. The number of benzene rings is 1. The van der Waals surface area contributed by atoms with Gasteiger partial charge in [-0.3, -0.25) is 9.59 Å². The largest absolute Gasteiger partial charge is 0.481 e. The summed E-state index contributed by atoms with van der Waals surface area (Å²) in [6.07, 6.45) is 8.99. The molecule has 1 amide bonds. The minimum absolute atomic E-state index is 0.0319. The number of aryl methyl sites for hydroxylation is 1. The number of carbonyl (C=O) groups is 2. The summed E-state index contributed by atoms with van der Waals surface area (Å²) in [7, 11) is 0. The normalized spacial score (nSPS) is 32.1. The Labute approximate surface area is 167 Å². The molecule has 0 unspecified atom stereocenters. The van der Waals surface area contributed by atoms with Crippen LogP contribution in [0.15, 0.2) is 24.3 Å². The van der Waals surface area contributed by atoms with E-state index in [2.05, 4.69) is 22.3 Å². The van der Waals surface area contributed by atoms with Gasteiger partial charge in [0.15, 0.2) is 0 Å². The van der Waals surface area contributed by atoms with Crippen LogP contribution in [0.25, 0.3) is 0 Å². The molecule has 152 valence electrons. The Morgan fingerprint density at radius 1 is 0.964 bits per heavy atom. The maximum absolute atomic E-state index is 12.5. The van der Waals surface area contributed by atoms with Gasteiger partial charge < -0.3 is 15.3 Å². The molecule has 4 fully saturated rings. The summed E-state index contributed by atoms with van der Waals surface area (Å²) in [5, 5.41) is 12.1. The standard InChI is InChI=1S/C23H32N2O3/c26-21(18-3-5-19(6-4-18)22(27)28)24-20-7-1-17(2-8-20)9-10-23-11-14-25(15-12-23)16-13-23/h1-2,7-8,18-19H,3-6,9-16H2,(H,24,26)(H,27,28). The van der Waals surface area contributed by atoms with Gasteiger partial charge >= 0.3 is 5.97 Å². The van der Waals surface area contributed by atoms with E-state index >= 15 is 0 Å². The molecule has 3 heterocycles. The summed E-state index contributed by atoms with van der Waals surface area (Å²) in [6, 6.07) is 8.31. The van der Waals surface area contributed by atoms with Crippen molar-refractivity contribution >= 4 is 17.6 Å². The third-order valence-electron chi connectivity index (χ3n) is 7.49. The first kappa shape index (κ1) is 19.4. The summed E-state index contributed by atoms with van der Waals surface area (Å²) in [5.41, 5.74) is 2.76. The maximum Gasteiger partial charge on any atom is 0.306 e. The van der Waals surface area contributed by atoms with Crippen molar-refractivity contribution < 1.29 is 14.7 Å². The molecule has 3 aliphatic heterocycles. The molecule has 5 rings (SSSR count). The van der Waals surface area contributed by atoms with Crippen molar-refractivity contribution in [3.63, 3.8) is 0 Å². The van der Waals surface area contributed by atoms with E-state index < -0.39 is 5.97 Å². The Balaban J connectivity index is 1.25. The van der Waals surface area contributed by atoms with Gasteiger partial charge in [0.1, 0.15) is 0 Å². The molecule has 5 nitrogen and oxygen atoms in total. The minimum Gasteiger partial charge on any atom is -0.481 e. The first-order valence-electron chi connectivity index (χ1n) is 10.9. The summed E-state index contributed by atoms with van der Waals surface area (Å²) in [4.78, 5) is 26.1. The smallest absolute Gasteiger partial charge is 0.306 e. The molecule has 0 atom stereocenters. The van der Waals surface area contributed by atoms with Crippen molar-refractivity contribution in [1.82, 2.24) is 4.90 Å². The van der Waals surface area contributed by atoms with Crippen LogP contribution in [0.4, 0.5) is 5.69 Å². The fraction of sp³-hybridized carbons (Fsp3) is 0.652. The number of nitrogens with zero attached hydrogens (tertiary/aromatic N) is 1. The number of rotatable bonds is 6. The van der Waals surface area contributed by atoms with Crippen LogP contribution in [0.5, 0.6) is 0 Å². The van der Waals surface area contributed by atoms with E-state index in [-0.39, 0.29) is 17.7 Å². The number of nitrogens with one attached hydrogen (secondary N) is 1. The SMILES string of the molecule is O=C(O)C1CCC(C(=O)Nc2ccc(CCC34CCN(CC3)CC4)cc2)CC1. The van der Waals surface area contributed by atoms with E-state index in [9.17, 15) is 9.59 Å². The van der Waals surface area contributed by atoms with Gasteiger partial charge in [0.2, 0.25) is 5.91 Å². The van der Waals surface area contributed by atoms with Crippen LogP contribution in [-0.4, -0.2) is 41.5 Å². The van der Waals surface area contributed by atoms with Gasteiger partial charge in [0, 0.05) is 11.6 Å². The monoisotopic (exact) mass is 384 g/mol. The number of fused-ring (bicyclic) bond motifs is 3. The van der Waals surface area contributed by atoms with Crippen molar-refractivity contribution in [2.75, 3.05) is 25.0 Å². The highest BCUT2D eigenvalue weighted by Gasteiger charge is 2.38. The van der Waals surface area contributed by atoms with Gasteiger partial charge in [-0.15, -0.1) is 0 Å². The highest BCUT2D eigenvalue weighted by Crippen LogP contribution is 2.43. The fourth-order valence-electron chi connectivity index (χ4n) is 5.28. The molecule has 1 aromatic carbocycles. The molecule has 0 radical (unpaired) electrons. The molecule has 4 aliphatic rings. The van der Waals surface area contributed by atoms with Gasteiger partial charge in [-0.1, -0.05) is 12.1 Å². The number of hydrogen-bond acceptors (Lipinski definition) is 3. The molecule has 1 saturated carbocycles. The predicted octanol–water partition coefficient (Wildman–Crippen LogP) is 3.93. The Kier molecular flexibility index (Phi) is 5.72. The van der Waals surface area contributed by atoms with E-state index in [1.54, 1.807) is 0 Å². The molecule has 2 N–H and O–H groups in total. The van der Waals surface area contributed by atoms with Crippen molar-refractivity contribution in [2.24, 2.45) is 17.3 Å². The number of anilines is 1. The lowest BCUT2D eigenvalue weighted by molar-refractivity contribution is -0.143. The van der Waals surface area contributed by atoms with Crippen LogP contribution >= 0.6 is 0 Å². The lowest BCUT2D eigenvalue weighted by atomic mass is 9.69. The fourth-order valence-corrected chi connectivity index (χ4v) is 5.28. The Morgan fingerprint density at radius 3 is 2.11 bits per heavy atom. The lowest BCUT2D eigenvalue weighted by Gasteiger charge is -2.48. The average molecular weight is 385 g/mol. The lowest BCUT2D eigenvalue weighted by Crippen LogP contribution is -2.48. The second kappa shape index (κ2) is 8.24. The predicted molar refractivity (Wildman–Crippen MR) is 109 cm³/mol. The van der Waals surface area contributed by atoms with Crippen molar-refractivity contribution in [2.45, 2.75) is 57.8 Å². The van der Waals surface area contributed by atoms with Gasteiger partial charge in [-0.05, 0) is 101 Å². The van der Waals surface area contributed by atoms with Crippen LogP contribution in [-0.2, 0) is 16.0 Å². The quantitative estimate of drug-likeness (QED) is 0.780. The molecule has 0 spiro atoms. The second-order valence-electron chi connectivity index (χ2n) is 9.16. The van der Waals surface area contributed by atoms with Gasteiger partial charge in [-0.2, -0.15) is 0 Å². The topological polar surface area (TPSA) is 69.6 Å². The first-order valence-corrected chi connectivity index (χ1v) is 10.9. The Bertz CT molecular complexity index is 685. The number of aliphatic carboxylic acids is 1. The van der Waals surface area contributed by atoms with Gasteiger partial charge in [-0.25, -0.2) is 0 Å². The van der Waals surface area contributed by atoms with Crippen LogP contribution in [0, 0.1) is 17.3 Å². The second-order valence-corrected chi connectivity index (χ2v) is 9.16. The highest BCUT2D eigenvalue weighted by atomic mass is 16.4. The van der Waals surface area contributed by atoms with Crippen LogP contribution in [0.1, 0.15) is 56.9 Å². The number of hydrogen-bond donors (Lipinski definition) is 2. The van der Waals surface area contributed by atoms with E-state index in [1.807, 2.05) is 12.1 Å². The highest BCUT2D eigenvalue weighted by molar-refractivity contribution is 5.92. The molecule has 1 aliphatic carbocycles. The summed E-state index contributed by atoms with van der Waals surface area (Å²) < 4.78 is 0. The Hall–Kier alpha value is -1.88. The summed E-state index contributed by atoms with van der Waals surface area (Å²) in [5.74, 6) is -1.04. The first-order chi connectivity index (χ1) is 13.5. The van der Waals surface area contributed by atoms with E-state index in [0.29, 0.717) is 31.1 Å². The number of piperidine rings is 3. The summed E-state index contributed by atoms with van der Waals surface area (Å²) in [6.45, 7) is 3.83. The van der Waals surface area contributed by atoms with Gasteiger partial charge in [0.25, 0.3) is 0 Å². The van der Waals surface area contributed by atoms with Crippen molar-refractivity contribution in [3.05, 3.63) is 29.8 Å². The maximum atomic E-state index is 12.5. The third-order valence-corrected chi connectivity index (χ3v) is 7.49. The van der Waals surface area contributed by atoms with Gasteiger partial charge in [0.05, 0.1) is 5.92 Å². The molecule has 0 aromatic heterocycles. The molecule has 28 heavy (non-hydrogen) atoms. The zero-order valence-corrected chi connectivity index (χ0v) is 16.7. The third kappa shape index (κ3) is 4.40. The number of carboxylic acid groups (broad SMARTS) is 1. The zero-order chi connectivity index (χ0) is 19.6. The number of amides is 1. The van der Waals surface area contributed by atoms with Crippen LogP contribution < -0.4 is 5.32 Å². The minimum atomic E-state index is -0.729. The van der Waals surface area contributed by atoms with Crippen molar-refractivity contribution in [1.29, 1.82) is 0 Å². The van der Waals surface area contributed by atoms with Crippen LogP contribution in [0.2, 0.25) is 0 Å².